The molecule has 0 fully saturated rings. The van der Waals surface area contributed by atoms with Gasteiger partial charge < -0.3 is 35.7 Å². The molecule has 0 saturated heterocycles. The molecule has 0 spiro atoms. The average molecular weight is 529 g/mol. The van der Waals surface area contributed by atoms with Crippen LogP contribution >= 0.6 is 0 Å². The van der Waals surface area contributed by atoms with Gasteiger partial charge in [-0.05, 0) is 42.5 Å². The first-order valence-electron chi connectivity index (χ1n) is 10.8. The normalized spacial score (nSPS) is 11.1. The largest absolute Gasteiger partial charge is 0.496 e. The van der Waals surface area contributed by atoms with Crippen LogP contribution < -0.4 is 40.5 Å². The molecule has 3 aromatic carbocycles. The third-order valence-corrected chi connectivity index (χ3v) is 6.13. The maximum absolute atomic E-state index is 12.8. The minimum Gasteiger partial charge on any atom is -0.496 e. The van der Waals surface area contributed by atoms with Crippen LogP contribution in [0.2, 0.25) is 0 Å². The number of nitrogens with two attached hydrogens (primary N) is 2. The number of hydrogen-bond acceptors (Lipinski definition) is 9. The lowest BCUT2D eigenvalue weighted by atomic mass is 10.1. The number of anilines is 4. The van der Waals surface area contributed by atoms with Crippen molar-refractivity contribution in [2.45, 2.75) is 0 Å². The van der Waals surface area contributed by atoms with Gasteiger partial charge in [-0.2, -0.15) is 0 Å². The Kier molecular flexibility index (Phi) is 8.35. The molecule has 11 nitrogen and oxygen atoms in total. The molecule has 12 heteroatoms. The van der Waals surface area contributed by atoms with Crippen molar-refractivity contribution in [1.29, 1.82) is 0 Å². The Balaban J connectivity index is 1.87. The molecule has 3 rings (SSSR count). The number of nitrogen functional groups attached to an aromatic ring is 2. The zero-order valence-electron chi connectivity index (χ0n) is 20.7. The number of hydrogen-bond donors (Lipinski definition) is 4. The summed E-state index contributed by atoms with van der Waals surface area (Å²) >= 11 is 0. The molecule has 1 amide bonds. The first-order chi connectivity index (χ1) is 17.6. The fraction of sp³-hybridized carbons (Fsp3) is 0.160. The average Bonchev–Trinajstić information content (AvgIpc) is 2.86. The van der Waals surface area contributed by atoms with Gasteiger partial charge in [0.2, 0.25) is 0 Å². The summed E-state index contributed by atoms with van der Waals surface area (Å²) in [5, 5.41) is 3.65. The van der Waals surface area contributed by atoms with Crippen molar-refractivity contribution in [2.24, 2.45) is 0 Å². The third kappa shape index (κ3) is 6.76. The Morgan fingerprint density at radius 1 is 0.811 bits per heavy atom. The van der Waals surface area contributed by atoms with Crippen molar-refractivity contribution < 1.29 is 32.2 Å². The van der Waals surface area contributed by atoms with Crippen LogP contribution in [0.1, 0.15) is 15.9 Å². The highest BCUT2D eigenvalue weighted by Crippen LogP contribution is 2.35. The van der Waals surface area contributed by atoms with E-state index in [0.29, 0.717) is 39.9 Å². The topological polar surface area (TPSA) is 164 Å². The summed E-state index contributed by atoms with van der Waals surface area (Å²) in [6.45, 7) is 0. The summed E-state index contributed by atoms with van der Waals surface area (Å²) in [4.78, 5) is 12.7. The van der Waals surface area contributed by atoms with Crippen molar-refractivity contribution >= 4 is 44.8 Å². The molecule has 37 heavy (non-hydrogen) atoms. The SMILES string of the molecule is COc1cc(OC)c(/C=C/S(=O)(=O)Nc2ccc(OC)c(NC(=O)c3cc(N)cc(N)c3)c2)c(OC)c1. The molecule has 0 radical (unpaired) electrons. The first kappa shape index (κ1) is 27.0. The summed E-state index contributed by atoms with van der Waals surface area (Å²) < 4.78 is 49.3. The summed E-state index contributed by atoms with van der Waals surface area (Å²) in [5.74, 6) is 1.02. The molecule has 6 N–H and O–H groups in total. The lowest BCUT2D eigenvalue weighted by molar-refractivity contribution is 0.102. The zero-order valence-corrected chi connectivity index (χ0v) is 21.5. The number of sulfonamides is 1. The molecule has 0 aliphatic heterocycles. The summed E-state index contributed by atoms with van der Waals surface area (Å²) in [6.07, 6.45) is 1.34. The van der Waals surface area contributed by atoms with Crippen LogP contribution in [0.5, 0.6) is 23.0 Å². The maximum atomic E-state index is 12.8. The van der Waals surface area contributed by atoms with Crippen LogP contribution in [0.3, 0.4) is 0 Å². The van der Waals surface area contributed by atoms with Gasteiger partial charge in [0, 0.05) is 29.1 Å². The minimum atomic E-state index is -3.99. The summed E-state index contributed by atoms with van der Waals surface area (Å²) in [7, 11) is 1.83. The number of carbonyl (C=O) groups is 1. The Bertz CT molecular complexity index is 1390. The van der Waals surface area contributed by atoms with Gasteiger partial charge in [-0.1, -0.05) is 0 Å². The van der Waals surface area contributed by atoms with Crippen LogP contribution in [0.25, 0.3) is 6.08 Å². The van der Waals surface area contributed by atoms with E-state index >= 15 is 0 Å². The van der Waals surface area contributed by atoms with E-state index in [1.165, 1.54) is 70.9 Å². The van der Waals surface area contributed by atoms with Crippen LogP contribution in [0, 0.1) is 0 Å². The molecule has 0 aliphatic rings. The molecule has 0 bridgehead atoms. The van der Waals surface area contributed by atoms with Crippen molar-refractivity contribution in [3.05, 3.63) is 65.1 Å². The summed E-state index contributed by atoms with van der Waals surface area (Å²) in [6, 6.07) is 12.1. The molecule has 0 aliphatic carbocycles. The van der Waals surface area contributed by atoms with Gasteiger partial charge in [-0.3, -0.25) is 9.52 Å². The quantitative estimate of drug-likeness (QED) is 0.288. The number of benzene rings is 3. The Morgan fingerprint density at radius 2 is 1.41 bits per heavy atom. The predicted octanol–water partition coefficient (Wildman–Crippen LogP) is 3.55. The van der Waals surface area contributed by atoms with Crippen LogP contribution in [0.15, 0.2) is 53.9 Å². The highest BCUT2D eigenvalue weighted by atomic mass is 32.2. The molecule has 0 heterocycles. The predicted molar refractivity (Wildman–Crippen MR) is 144 cm³/mol. The lowest BCUT2D eigenvalue weighted by Crippen LogP contribution is -2.14. The van der Waals surface area contributed by atoms with Gasteiger partial charge >= 0.3 is 0 Å². The van der Waals surface area contributed by atoms with E-state index in [9.17, 15) is 13.2 Å². The molecule has 0 aromatic heterocycles. The summed E-state index contributed by atoms with van der Waals surface area (Å²) in [5.41, 5.74) is 13.3. The van der Waals surface area contributed by atoms with Gasteiger partial charge in [-0.25, -0.2) is 8.42 Å². The second-order valence-corrected chi connectivity index (χ2v) is 9.22. The molecule has 0 atom stereocenters. The monoisotopic (exact) mass is 528 g/mol. The smallest absolute Gasteiger partial charge is 0.255 e. The lowest BCUT2D eigenvalue weighted by Gasteiger charge is -2.14. The van der Waals surface area contributed by atoms with Gasteiger partial charge in [0.25, 0.3) is 15.9 Å². The van der Waals surface area contributed by atoms with Crippen LogP contribution in [-0.2, 0) is 10.0 Å². The number of ether oxygens (including phenoxy) is 4. The second-order valence-electron chi connectivity index (χ2n) is 7.65. The molecular formula is C25H28N4O7S. The number of nitrogens with one attached hydrogen (secondary N) is 2. The fourth-order valence-corrected chi connectivity index (χ4v) is 4.26. The standard InChI is InChI=1S/C25H28N4O7S/c1-33-19-13-23(35-3)20(24(14-19)36-4)7-8-37(31,32)29-18-5-6-22(34-2)21(12-18)28-25(30)15-9-16(26)11-17(27)10-15/h5-14,29H,26-27H2,1-4H3,(H,28,30)/b8-7+. The van der Waals surface area contributed by atoms with Crippen molar-refractivity contribution in [3.63, 3.8) is 0 Å². The van der Waals surface area contributed by atoms with E-state index in [4.69, 9.17) is 30.4 Å². The van der Waals surface area contributed by atoms with Crippen molar-refractivity contribution in [2.75, 3.05) is 49.9 Å². The van der Waals surface area contributed by atoms with Gasteiger partial charge in [0.05, 0.1) is 50.8 Å². The van der Waals surface area contributed by atoms with Crippen LogP contribution in [-0.4, -0.2) is 42.8 Å². The van der Waals surface area contributed by atoms with E-state index in [0.717, 1.165) is 5.41 Å². The molecule has 196 valence electrons. The Morgan fingerprint density at radius 3 is 1.95 bits per heavy atom. The molecule has 0 unspecified atom stereocenters. The van der Waals surface area contributed by atoms with Gasteiger partial charge in [0.15, 0.2) is 0 Å². The first-order valence-corrected chi connectivity index (χ1v) is 12.3. The third-order valence-electron chi connectivity index (χ3n) is 5.11. The Labute approximate surface area is 215 Å². The maximum Gasteiger partial charge on any atom is 0.255 e. The fourth-order valence-electron chi connectivity index (χ4n) is 3.42. The van der Waals surface area contributed by atoms with Crippen molar-refractivity contribution in [3.8, 4) is 23.0 Å². The molecule has 3 aromatic rings. The highest BCUT2D eigenvalue weighted by molar-refractivity contribution is 7.95. The van der Waals surface area contributed by atoms with Gasteiger partial charge in [0.1, 0.15) is 23.0 Å². The van der Waals surface area contributed by atoms with Gasteiger partial charge in [-0.15, -0.1) is 0 Å². The van der Waals surface area contributed by atoms with E-state index < -0.39 is 15.9 Å². The minimum absolute atomic E-state index is 0.182. The highest BCUT2D eigenvalue weighted by Gasteiger charge is 2.15. The van der Waals surface area contributed by atoms with Crippen molar-refractivity contribution in [1.82, 2.24) is 0 Å². The number of amides is 1. The zero-order chi connectivity index (χ0) is 27.2. The number of carbonyl (C=O) groups excluding carboxylic acids is 1. The second kappa shape index (κ2) is 11.4. The molecular weight excluding hydrogens is 500 g/mol. The number of rotatable bonds is 10. The van der Waals surface area contributed by atoms with Crippen LogP contribution in [0.4, 0.5) is 22.7 Å². The number of methoxy groups -OCH3 is 4. The van der Waals surface area contributed by atoms with E-state index in [-0.39, 0.29) is 16.9 Å². The van der Waals surface area contributed by atoms with E-state index in [1.807, 2.05) is 0 Å². The Hall–Kier alpha value is -4.58. The van der Waals surface area contributed by atoms with E-state index in [1.54, 1.807) is 12.1 Å². The van der Waals surface area contributed by atoms with E-state index in [2.05, 4.69) is 10.0 Å². The molecule has 0 saturated carbocycles.